The molecule has 0 bridgehead atoms. The molecule has 7 rings (SSSR count). The minimum absolute atomic E-state index is 0.284. The lowest BCUT2D eigenvalue weighted by atomic mass is 9.70. The Balaban J connectivity index is 1.18. The van der Waals surface area contributed by atoms with Crippen molar-refractivity contribution in [3.8, 4) is 5.75 Å². The van der Waals surface area contributed by atoms with Crippen LogP contribution < -0.4 is 4.74 Å². The third-order valence-electron chi connectivity index (χ3n) is 9.52. The summed E-state index contributed by atoms with van der Waals surface area (Å²) in [5.74, 6) is 1.90. The summed E-state index contributed by atoms with van der Waals surface area (Å²) >= 11 is 6.84. The van der Waals surface area contributed by atoms with Crippen LogP contribution in [0.15, 0.2) is 122 Å². The maximum atomic E-state index is 6.84. The maximum Gasteiger partial charge on any atom is 0.138 e. The first-order valence-corrected chi connectivity index (χ1v) is 15.9. The van der Waals surface area contributed by atoms with E-state index in [0.717, 1.165) is 24.2 Å². The first-order valence-electron chi connectivity index (χ1n) is 15.6. The van der Waals surface area contributed by atoms with Crippen molar-refractivity contribution in [2.75, 3.05) is 0 Å². The molecule has 0 saturated heterocycles. The number of halogens is 1. The van der Waals surface area contributed by atoms with Gasteiger partial charge >= 0.3 is 0 Å². The zero-order chi connectivity index (χ0) is 29.2. The monoisotopic (exact) mass is 580 g/mol. The number of aryl methyl sites for hydroxylation is 1. The molecule has 2 aliphatic rings. The van der Waals surface area contributed by atoms with Crippen LogP contribution >= 0.6 is 11.6 Å². The Kier molecular flexibility index (Phi) is 7.92. The Hall–Kier alpha value is -4.07. The molecule has 0 spiro atoms. The van der Waals surface area contributed by atoms with Gasteiger partial charge in [0.25, 0.3) is 0 Å². The summed E-state index contributed by atoms with van der Waals surface area (Å²) in [5, 5.41) is 0.673. The van der Waals surface area contributed by atoms with Gasteiger partial charge in [-0.05, 0) is 100 Å². The normalized spacial score (nSPS) is 19.2. The topological polar surface area (TPSA) is 9.23 Å². The van der Waals surface area contributed by atoms with Crippen molar-refractivity contribution in [2.45, 2.75) is 56.5 Å². The Morgan fingerprint density at radius 2 is 1.53 bits per heavy atom. The van der Waals surface area contributed by atoms with Gasteiger partial charge in [0.15, 0.2) is 0 Å². The number of rotatable bonds is 7. The van der Waals surface area contributed by atoms with Gasteiger partial charge in [-0.3, -0.25) is 0 Å². The molecule has 0 aliphatic heterocycles. The van der Waals surface area contributed by atoms with E-state index in [2.05, 4.69) is 97.6 Å². The van der Waals surface area contributed by atoms with Crippen LogP contribution in [0.5, 0.6) is 5.75 Å². The molecule has 0 N–H and O–H groups in total. The zero-order valence-electron chi connectivity index (χ0n) is 24.5. The number of hydrogen-bond donors (Lipinski definition) is 0. The minimum atomic E-state index is 0.284. The van der Waals surface area contributed by atoms with E-state index in [1.807, 2.05) is 30.3 Å². The molecule has 2 aliphatic carbocycles. The highest BCUT2D eigenvalue weighted by Crippen LogP contribution is 2.46. The fourth-order valence-corrected chi connectivity index (χ4v) is 7.54. The van der Waals surface area contributed by atoms with Crippen molar-refractivity contribution in [1.29, 1.82) is 0 Å². The highest BCUT2D eigenvalue weighted by Gasteiger charge is 2.31. The van der Waals surface area contributed by atoms with Crippen LogP contribution in [0.4, 0.5) is 0 Å². The second-order valence-electron chi connectivity index (χ2n) is 12.1. The Morgan fingerprint density at radius 3 is 2.40 bits per heavy atom. The molecule has 43 heavy (non-hydrogen) atoms. The lowest BCUT2D eigenvalue weighted by molar-refractivity contribution is 0.306. The third kappa shape index (κ3) is 5.79. The van der Waals surface area contributed by atoms with Gasteiger partial charge in [-0.15, -0.1) is 0 Å². The molecule has 5 aromatic carbocycles. The summed E-state index contributed by atoms with van der Waals surface area (Å²) in [6.45, 7) is 4.51. The third-order valence-corrected chi connectivity index (χ3v) is 9.81. The largest absolute Gasteiger partial charge is 0.487 e. The first kappa shape index (κ1) is 27.7. The SMILES string of the molecule is C=Cc1cccc(C2CCCc3ccc(C4Cc5ccccc5C(c5ccc(OCc6ccccc6)c(Cl)c5)C4)cc32)c1. The molecule has 0 fully saturated rings. The minimum Gasteiger partial charge on any atom is -0.487 e. The van der Waals surface area contributed by atoms with Gasteiger partial charge in [0, 0.05) is 11.8 Å². The van der Waals surface area contributed by atoms with Crippen molar-refractivity contribution >= 4 is 17.7 Å². The highest BCUT2D eigenvalue weighted by atomic mass is 35.5. The number of benzene rings is 5. The summed E-state index contributed by atoms with van der Waals surface area (Å²) in [5.41, 5.74) is 12.3. The van der Waals surface area contributed by atoms with E-state index in [-0.39, 0.29) is 5.92 Å². The number of ether oxygens (including phenoxy) is 1. The van der Waals surface area contributed by atoms with E-state index in [4.69, 9.17) is 16.3 Å². The average molecular weight is 581 g/mol. The van der Waals surface area contributed by atoms with Gasteiger partial charge in [-0.25, -0.2) is 0 Å². The predicted molar refractivity (Wildman–Crippen MR) is 179 cm³/mol. The molecule has 0 heterocycles. The van der Waals surface area contributed by atoms with E-state index in [0.29, 0.717) is 23.5 Å². The lowest BCUT2D eigenvalue weighted by Gasteiger charge is -2.34. The van der Waals surface area contributed by atoms with Crippen molar-refractivity contribution < 1.29 is 4.74 Å². The lowest BCUT2D eigenvalue weighted by Crippen LogP contribution is -2.19. The summed E-state index contributed by atoms with van der Waals surface area (Å²) < 4.78 is 6.10. The van der Waals surface area contributed by atoms with Gasteiger partial charge in [-0.2, -0.15) is 0 Å². The van der Waals surface area contributed by atoms with Crippen molar-refractivity contribution in [1.82, 2.24) is 0 Å². The second kappa shape index (κ2) is 12.3. The quantitative estimate of drug-likeness (QED) is 0.186. The van der Waals surface area contributed by atoms with Crippen LogP contribution in [0.3, 0.4) is 0 Å². The average Bonchev–Trinajstić information content (AvgIpc) is 3.07. The van der Waals surface area contributed by atoms with Gasteiger partial charge in [-0.1, -0.05) is 127 Å². The molecule has 1 nitrogen and oxygen atoms in total. The first-order chi connectivity index (χ1) is 21.2. The summed E-state index contributed by atoms with van der Waals surface area (Å²) in [6.07, 6.45) is 7.68. The summed E-state index contributed by atoms with van der Waals surface area (Å²) in [4.78, 5) is 0. The van der Waals surface area contributed by atoms with E-state index in [1.54, 1.807) is 0 Å². The molecule has 0 saturated carbocycles. The standard InChI is InChI=1S/C41H37ClO/c1-2-28-12-8-15-32(22-28)37-17-9-14-30-18-19-31(24-38(30)37)35-23-33-13-6-7-16-36(33)39(25-35)34-20-21-41(40(42)26-34)43-27-29-10-4-3-5-11-29/h2-8,10-13,15-16,18-22,24,26,35,37,39H,1,9,14,17,23,25,27H2. The molecule has 3 unspecified atom stereocenters. The fourth-order valence-electron chi connectivity index (χ4n) is 7.30. The van der Waals surface area contributed by atoms with Crippen LogP contribution in [0, 0.1) is 0 Å². The van der Waals surface area contributed by atoms with E-state index in [9.17, 15) is 0 Å². The van der Waals surface area contributed by atoms with Crippen molar-refractivity contribution in [2.24, 2.45) is 0 Å². The van der Waals surface area contributed by atoms with Crippen molar-refractivity contribution in [3.63, 3.8) is 0 Å². The molecule has 0 radical (unpaired) electrons. The summed E-state index contributed by atoms with van der Waals surface area (Å²) in [6, 6.07) is 41.9. The van der Waals surface area contributed by atoms with Crippen LogP contribution in [-0.2, 0) is 19.4 Å². The van der Waals surface area contributed by atoms with Gasteiger partial charge in [0.1, 0.15) is 12.4 Å². The highest BCUT2D eigenvalue weighted by molar-refractivity contribution is 6.32. The predicted octanol–water partition coefficient (Wildman–Crippen LogP) is 10.9. The Labute approximate surface area is 260 Å². The molecule has 0 amide bonds. The number of hydrogen-bond acceptors (Lipinski definition) is 1. The molecule has 3 atom stereocenters. The molecule has 5 aromatic rings. The van der Waals surface area contributed by atoms with E-state index < -0.39 is 0 Å². The van der Waals surface area contributed by atoms with Crippen LogP contribution in [-0.4, -0.2) is 0 Å². The number of fused-ring (bicyclic) bond motifs is 2. The second-order valence-corrected chi connectivity index (χ2v) is 12.5. The van der Waals surface area contributed by atoms with Crippen molar-refractivity contribution in [3.05, 3.63) is 177 Å². The Morgan fingerprint density at radius 1 is 0.721 bits per heavy atom. The Bertz CT molecular complexity index is 1750. The van der Waals surface area contributed by atoms with E-state index >= 15 is 0 Å². The molecular formula is C41H37ClO. The van der Waals surface area contributed by atoms with Crippen LogP contribution in [0.2, 0.25) is 5.02 Å². The zero-order valence-corrected chi connectivity index (χ0v) is 25.3. The van der Waals surface area contributed by atoms with Crippen LogP contribution in [0.25, 0.3) is 6.08 Å². The smallest absolute Gasteiger partial charge is 0.138 e. The summed E-state index contributed by atoms with van der Waals surface area (Å²) in [7, 11) is 0. The van der Waals surface area contributed by atoms with Gasteiger partial charge in [0.2, 0.25) is 0 Å². The molecule has 214 valence electrons. The molecular weight excluding hydrogens is 544 g/mol. The molecule has 0 aromatic heterocycles. The van der Waals surface area contributed by atoms with Gasteiger partial charge in [0.05, 0.1) is 5.02 Å². The van der Waals surface area contributed by atoms with Crippen LogP contribution in [0.1, 0.15) is 87.1 Å². The van der Waals surface area contributed by atoms with E-state index in [1.165, 1.54) is 63.8 Å². The maximum absolute atomic E-state index is 6.84. The fraction of sp³-hybridized carbons (Fsp3) is 0.220. The van der Waals surface area contributed by atoms with Gasteiger partial charge < -0.3 is 4.74 Å². The molecule has 2 heteroatoms.